The monoisotopic (exact) mass is 356 g/mol. The number of carboxylic acids is 1. The largest absolute Gasteiger partial charge is 0.480 e. The van der Waals surface area contributed by atoms with Gasteiger partial charge in [0.05, 0.1) is 0 Å². The molecule has 0 aromatic heterocycles. The van der Waals surface area contributed by atoms with E-state index in [1.165, 1.54) is 0 Å². The summed E-state index contributed by atoms with van der Waals surface area (Å²) < 4.78 is 0. The number of unbranched alkanes of at least 4 members (excludes halogenated alkanes) is 6. The highest BCUT2D eigenvalue weighted by Gasteiger charge is 2.19. The Morgan fingerprint density at radius 2 is 1.36 bits per heavy atom. The van der Waals surface area contributed by atoms with Crippen LogP contribution >= 0.6 is 0 Å². The van der Waals surface area contributed by atoms with Gasteiger partial charge in [-0.05, 0) is 25.7 Å². The zero-order valence-electron chi connectivity index (χ0n) is 15.9. The Morgan fingerprint density at radius 1 is 0.800 bits per heavy atom. The SMILES string of the molecule is CCCCCCC(=O)NCCC[C@H](NC(=O)CCCCCC)C(=O)O. The molecule has 6 heteroatoms. The van der Waals surface area contributed by atoms with Crippen LogP contribution in [0.3, 0.4) is 0 Å². The van der Waals surface area contributed by atoms with Crippen LogP contribution in [0.2, 0.25) is 0 Å². The van der Waals surface area contributed by atoms with Gasteiger partial charge in [-0.25, -0.2) is 4.79 Å². The third-order valence-electron chi connectivity index (χ3n) is 4.14. The van der Waals surface area contributed by atoms with E-state index in [2.05, 4.69) is 24.5 Å². The first kappa shape index (κ1) is 23.4. The number of hydrogen-bond donors (Lipinski definition) is 3. The quantitative estimate of drug-likeness (QED) is 0.369. The van der Waals surface area contributed by atoms with E-state index in [0.29, 0.717) is 32.2 Å². The van der Waals surface area contributed by atoms with Crippen LogP contribution in [0.5, 0.6) is 0 Å². The summed E-state index contributed by atoms with van der Waals surface area (Å²) in [5, 5.41) is 14.6. The van der Waals surface area contributed by atoms with Gasteiger partial charge in [-0.3, -0.25) is 9.59 Å². The van der Waals surface area contributed by atoms with Crippen LogP contribution in [0, 0.1) is 0 Å². The van der Waals surface area contributed by atoms with Crippen molar-refractivity contribution in [2.75, 3.05) is 6.54 Å². The van der Waals surface area contributed by atoms with Crippen molar-refractivity contribution in [1.82, 2.24) is 10.6 Å². The van der Waals surface area contributed by atoms with E-state index in [1.54, 1.807) is 0 Å². The highest BCUT2D eigenvalue weighted by atomic mass is 16.4. The average molecular weight is 357 g/mol. The molecule has 0 spiro atoms. The summed E-state index contributed by atoms with van der Waals surface area (Å²) in [7, 11) is 0. The van der Waals surface area contributed by atoms with Crippen LogP contribution < -0.4 is 10.6 Å². The molecule has 0 bridgehead atoms. The zero-order valence-corrected chi connectivity index (χ0v) is 15.9. The number of carbonyl (C=O) groups is 3. The highest BCUT2D eigenvalue weighted by Crippen LogP contribution is 2.05. The van der Waals surface area contributed by atoms with E-state index in [9.17, 15) is 19.5 Å². The van der Waals surface area contributed by atoms with Gasteiger partial charge in [-0.1, -0.05) is 52.4 Å². The molecular weight excluding hydrogens is 320 g/mol. The summed E-state index contributed by atoms with van der Waals surface area (Å²) in [6.45, 7) is 4.68. The lowest BCUT2D eigenvalue weighted by atomic mass is 10.1. The molecule has 3 N–H and O–H groups in total. The summed E-state index contributed by atoms with van der Waals surface area (Å²) in [5.74, 6) is -1.21. The van der Waals surface area contributed by atoms with Gasteiger partial charge in [0.15, 0.2) is 0 Å². The average Bonchev–Trinajstić information content (AvgIpc) is 2.58. The molecule has 0 heterocycles. The minimum atomic E-state index is -1.02. The molecule has 6 nitrogen and oxygen atoms in total. The molecule has 0 rings (SSSR count). The molecule has 0 aliphatic heterocycles. The predicted molar refractivity (Wildman–Crippen MR) is 99.3 cm³/mol. The van der Waals surface area contributed by atoms with Crippen molar-refractivity contribution in [3.63, 3.8) is 0 Å². The Hall–Kier alpha value is -1.59. The lowest BCUT2D eigenvalue weighted by molar-refractivity contribution is -0.142. The normalized spacial score (nSPS) is 11.8. The molecule has 0 aliphatic rings. The smallest absolute Gasteiger partial charge is 0.326 e. The van der Waals surface area contributed by atoms with Crippen LogP contribution in [0.1, 0.15) is 90.9 Å². The molecule has 1 atom stereocenters. The van der Waals surface area contributed by atoms with Gasteiger partial charge in [0, 0.05) is 19.4 Å². The molecule has 25 heavy (non-hydrogen) atoms. The third kappa shape index (κ3) is 14.5. The summed E-state index contributed by atoms with van der Waals surface area (Å²) in [6.07, 6.45) is 9.98. The third-order valence-corrected chi connectivity index (χ3v) is 4.14. The zero-order chi connectivity index (χ0) is 18.9. The molecule has 0 unspecified atom stereocenters. The Kier molecular flexibility index (Phi) is 14.9. The Labute approximate surface area is 152 Å². The number of carbonyl (C=O) groups excluding carboxylic acids is 2. The van der Waals surface area contributed by atoms with Crippen molar-refractivity contribution < 1.29 is 19.5 Å². The standard InChI is InChI=1S/C19H36N2O4/c1-3-5-7-9-13-17(22)20-15-11-12-16(19(24)25)21-18(23)14-10-8-6-4-2/h16H,3-15H2,1-2H3,(H,20,22)(H,21,23)(H,24,25)/t16-/m0/s1. The van der Waals surface area contributed by atoms with Crippen molar-refractivity contribution in [1.29, 1.82) is 0 Å². The Bertz CT molecular complexity index is 386. The van der Waals surface area contributed by atoms with Crippen LogP contribution in [0.4, 0.5) is 0 Å². The second-order valence-corrected chi connectivity index (χ2v) is 6.57. The summed E-state index contributed by atoms with van der Waals surface area (Å²) >= 11 is 0. The van der Waals surface area contributed by atoms with Crippen molar-refractivity contribution in [2.45, 2.75) is 96.9 Å². The van der Waals surface area contributed by atoms with Crippen LogP contribution in [-0.2, 0) is 14.4 Å². The molecule has 0 aromatic carbocycles. The highest BCUT2D eigenvalue weighted by molar-refractivity contribution is 5.83. The maximum absolute atomic E-state index is 11.8. The lowest BCUT2D eigenvalue weighted by Crippen LogP contribution is -2.41. The lowest BCUT2D eigenvalue weighted by Gasteiger charge is -2.14. The Morgan fingerprint density at radius 3 is 1.88 bits per heavy atom. The molecule has 0 saturated heterocycles. The van der Waals surface area contributed by atoms with Crippen molar-refractivity contribution >= 4 is 17.8 Å². The fourth-order valence-corrected chi connectivity index (χ4v) is 2.57. The van der Waals surface area contributed by atoms with Gasteiger partial charge < -0.3 is 15.7 Å². The predicted octanol–water partition coefficient (Wildman–Crippen LogP) is 3.39. The van der Waals surface area contributed by atoms with Gasteiger partial charge in [-0.15, -0.1) is 0 Å². The van der Waals surface area contributed by atoms with Crippen molar-refractivity contribution in [3.8, 4) is 0 Å². The van der Waals surface area contributed by atoms with Crippen LogP contribution in [0.15, 0.2) is 0 Å². The number of hydrogen-bond acceptors (Lipinski definition) is 3. The second kappa shape index (κ2) is 15.9. The number of amides is 2. The summed E-state index contributed by atoms with van der Waals surface area (Å²) in [6, 6.07) is -0.875. The van der Waals surface area contributed by atoms with E-state index in [-0.39, 0.29) is 11.8 Å². The fourth-order valence-electron chi connectivity index (χ4n) is 2.57. The Balaban J connectivity index is 3.87. The van der Waals surface area contributed by atoms with E-state index in [4.69, 9.17) is 0 Å². The molecule has 0 aliphatic carbocycles. The summed E-state index contributed by atoms with van der Waals surface area (Å²) in [4.78, 5) is 34.7. The molecule has 146 valence electrons. The topological polar surface area (TPSA) is 95.5 Å². The number of carboxylic acid groups (broad SMARTS) is 1. The number of aliphatic carboxylic acids is 1. The first-order valence-corrected chi connectivity index (χ1v) is 9.80. The van der Waals surface area contributed by atoms with Gasteiger partial charge in [0.1, 0.15) is 6.04 Å². The molecule has 0 fully saturated rings. The molecule has 2 amide bonds. The minimum Gasteiger partial charge on any atom is -0.480 e. The van der Waals surface area contributed by atoms with E-state index < -0.39 is 12.0 Å². The van der Waals surface area contributed by atoms with Crippen molar-refractivity contribution in [2.24, 2.45) is 0 Å². The van der Waals surface area contributed by atoms with E-state index in [0.717, 1.165) is 51.4 Å². The van der Waals surface area contributed by atoms with E-state index in [1.807, 2.05) is 0 Å². The molecule has 0 saturated carbocycles. The van der Waals surface area contributed by atoms with Gasteiger partial charge in [-0.2, -0.15) is 0 Å². The van der Waals surface area contributed by atoms with Crippen LogP contribution in [0.25, 0.3) is 0 Å². The maximum atomic E-state index is 11.8. The van der Waals surface area contributed by atoms with Crippen molar-refractivity contribution in [3.05, 3.63) is 0 Å². The first-order valence-electron chi connectivity index (χ1n) is 9.80. The molecule has 0 aromatic rings. The van der Waals surface area contributed by atoms with Crippen LogP contribution in [-0.4, -0.2) is 35.5 Å². The first-order chi connectivity index (χ1) is 12.0. The van der Waals surface area contributed by atoms with Gasteiger partial charge in [0.25, 0.3) is 0 Å². The second-order valence-electron chi connectivity index (χ2n) is 6.57. The number of nitrogens with one attached hydrogen (secondary N) is 2. The number of rotatable bonds is 16. The van der Waals surface area contributed by atoms with Gasteiger partial charge in [0.2, 0.25) is 11.8 Å². The van der Waals surface area contributed by atoms with Gasteiger partial charge >= 0.3 is 5.97 Å². The molecule has 0 radical (unpaired) electrons. The molecular formula is C19H36N2O4. The van der Waals surface area contributed by atoms with E-state index >= 15 is 0 Å². The maximum Gasteiger partial charge on any atom is 0.326 e. The minimum absolute atomic E-state index is 0.0166. The fraction of sp³-hybridized carbons (Fsp3) is 0.842. The summed E-state index contributed by atoms with van der Waals surface area (Å²) in [5.41, 5.74) is 0.